The zero-order valence-corrected chi connectivity index (χ0v) is 9.71. The molecule has 1 N–H and O–H groups in total. The van der Waals surface area contributed by atoms with E-state index in [1.165, 1.54) is 5.01 Å². The van der Waals surface area contributed by atoms with Crippen molar-refractivity contribution in [3.63, 3.8) is 0 Å². The SMILES string of the molecule is O=C(c1ccc2nccnc2c1)N1C=CCCN1. The van der Waals surface area contributed by atoms with E-state index in [2.05, 4.69) is 15.4 Å². The lowest BCUT2D eigenvalue weighted by atomic mass is 10.1. The lowest BCUT2D eigenvalue weighted by Gasteiger charge is -2.22. The molecule has 0 fully saturated rings. The molecule has 0 bridgehead atoms. The minimum absolute atomic E-state index is 0.0847. The van der Waals surface area contributed by atoms with E-state index in [9.17, 15) is 4.79 Å². The first-order valence-electron chi connectivity index (χ1n) is 5.79. The molecule has 0 atom stereocenters. The van der Waals surface area contributed by atoms with Crippen molar-refractivity contribution in [3.05, 3.63) is 48.4 Å². The number of carbonyl (C=O) groups excluding carboxylic acids is 1. The zero-order valence-electron chi connectivity index (χ0n) is 9.71. The van der Waals surface area contributed by atoms with Crippen molar-refractivity contribution in [2.45, 2.75) is 6.42 Å². The van der Waals surface area contributed by atoms with Crippen LogP contribution < -0.4 is 5.43 Å². The molecule has 1 aromatic carbocycles. The lowest BCUT2D eigenvalue weighted by molar-refractivity contribution is 0.0748. The average molecular weight is 240 g/mol. The van der Waals surface area contributed by atoms with E-state index in [0.717, 1.165) is 24.0 Å². The molecule has 0 spiro atoms. The maximum absolute atomic E-state index is 12.2. The molecule has 3 rings (SSSR count). The van der Waals surface area contributed by atoms with E-state index in [1.54, 1.807) is 30.7 Å². The first kappa shape index (κ1) is 10.9. The highest BCUT2D eigenvalue weighted by molar-refractivity contribution is 5.97. The fraction of sp³-hybridized carbons (Fsp3) is 0.154. The standard InChI is InChI=1S/C13H12N4O/c18-13(17-8-2-1-5-16-17)10-3-4-11-12(9-10)15-7-6-14-11/h2-4,6-9,16H,1,5H2. The second-order valence-corrected chi connectivity index (χ2v) is 4.02. The van der Waals surface area contributed by atoms with Crippen LogP contribution in [0.5, 0.6) is 0 Å². The highest BCUT2D eigenvalue weighted by Crippen LogP contribution is 2.13. The summed E-state index contributed by atoms with van der Waals surface area (Å²) in [7, 11) is 0. The van der Waals surface area contributed by atoms with Crippen molar-refractivity contribution in [2.75, 3.05) is 6.54 Å². The smallest absolute Gasteiger partial charge is 0.267 e. The third-order valence-corrected chi connectivity index (χ3v) is 2.78. The average Bonchev–Trinajstić information content (AvgIpc) is 2.47. The van der Waals surface area contributed by atoms with Gasteiger partial charge in [-0.15, -0.1) is 0 Å². The second kappa shape index (κ2) is 4.54. The van der Waals surface area contributed by atoms with Gasteiger partial charge in [-0.3, -0.25) is 14.8 Å². The van der Waals surface area contributed by atoms with Gasteiger partial charge in [0.25, 0.3) is 5.91 Å². The van der Waals surface area contributed by atoms with Crippen molar-refractivity contribution >= 4 is 16.9 Å². The summed E-state index contributed by atoms with van der Waals surface area (Å²) < 4.78 is 0. The van der Waals surface area contributed by atoms with Crippen molar-refractivity contribution in [1.82, 2.24) is 20.4 Å². The molecule has 1 amide bonds. The topological polar surface area (TPSA) is 58.1 Å². The highest BCUT2D eigenvalue weighted by Gasteiger charge is 2.15. The molecule has 0 radical (unpaired) electrons. The number of hydrogen-bond donors (Lipinski definition) is 1. The van der Waals surface area contributed by atoms with Crippen LogP contribution in [0.25, 0.3) is 11.0 Å². The van der Waals surface area contributed by atoms with Gasteiger partial charge in [-0.05, 0) is 24.6 Å². The van der Waals surface area contributed by atoms with Crippen molar-refractivity contribution in [2.24, 2.45) is 0 Å². The molecule has 1 aliphatic rings. The van der Waals surface area contributed by atoms with Crippen LogP contribution in [0.3, 0.4) is 0 Å². The van der Waals surface area contributed by atoms with Crippen LogP contribution in [0.15, 0.2) is 42.9 Å². The predicted octanol–water partition coefficient (Wildman–Crippen LogP) is 1.49. The Balaban J connectivity index is 1.96. The maximum Gasteiger partial charge on any atom is 0.272 e. The Labute approximate surface area is 104 Å². The van der Waals surface area contributed by atoms with Crippen LogP contribution in [0.4, 0.5) is 0 Å². The number of aromatic nitrogens is 2. The number of hydrazine groups is 1. The van der Waals surface area contributed by atoms with Gasteiger partial charge in [0.2, 0.25) is 0 Å². The summed E-state index contributed by atoms with van der Waals surface area (Å²) in [4.78, 5) is 20.6. The van der Waals surface area contributed by atoms with Gasteiger partial charge in [0.05, 0.1) is 11.0 Å². The number of hydrogen-bond acceptors (Lipinski definition) is 4. The van der Waals surface area contributed by atoms with Crippen LogP contribution in [-0.2, 0) is 0 Å². The van der Waals surface area contributed by atoms with E-state index >= 15 is 0 Å². The van der Waals surface area contributed by atoms with Gasteiger partial charge in [-0.25, -0.2) is 10.4 Å². The number of amides is 1. The molecule has 90 valence electrons. The number of fused-ring (bicyclic) bond motifs is 1. The zero-order chi connectivity index (χ0) is 12.4. The number of nitrogens with one attached hydrogen (secondary N) is 1. The van der Waals surface area contributed by atoms with E-state index in [0.29, 0.717) is 5.56 Å². The van der Waals surface area contributed by atoms with Gasteiger partial charge in [-0.2, -0.15) is 0 Å². The summed E-state index contributed by atoms with van der Waals surface area (Å²) in [6, 6.07) is 5.33. The Bertz CT molecular complexity index is 623. The minimum atomic E-state index is -0.0847. The van der Waals surface area contributed by atoms with Crippen molar-refractivity contribution in [3.8, 4) is 0 Å². The Kier molecular flexibility index (Phi) is 2.74. The Morgan fingerprint density at radius 3 is 2.83 bits per heavy atom. The van der Waals surface area contributed by atoms with Gasteiger partial charge in [0.1, 0.15) is 0 Å². The van der Waals surface area contributed by atoms with Crippen molar-refractivity contribution < 1.29 is 4.79 Å². The molecule has 5 nitrogen and oxygen atoms in total. The molecular formula is C13H12N4O. The highest BCUT2D eigenvalue weighted by atomic mass is 16.2. The third kappa shape index (κ3) is 1.96. The van der Waals surface area contributed by atoms with Gasteiger partial charge in [-0.1, -0.05) is 6.08 Å². The summed E-state index contributed by atoms with van der Waals surface area (Å²) in [5.41, 5.74) is 5.14. The molecule has 2 heterocycles. The monoisotopic (exact) mass is 240 g/mol. The maximum atomic E-state index is 12.2. The summed E-state index contributed by atoms with van der Waals surface area (Å²) >= 11 is 0. The Morgan fingerprint density at radius 2 is 2.06 bits per heavy atom. The van der Waals surface area contributed by atoms with Crippen LogP contribution in [0.1, 0.15) is 16.8 Å². The summed E-state index contributed by atoms with van der Waals surface area (Å²) in [6.07, 6.45) is 7.92. The van der Waals surface area contributed by atoms with E-state index in [4.69, 9.17) is 0 Å². The first-order chi connectivity index (χ1) is 8.84. The molecule has 0 aliphatic carbocycles. The lowest BCUT2D eigenvalue weighted by Crippen LogP contribution is -2.41. The predicted molar refractivity (Wildman–Crippen MR) is 67.5 cm³/mol. The second-order valence-electron chi connectivity index (χ2n) is 4.02. The molecule has 1 aliphatic heterocycles. The van der Waals surface area contributed by atoms with Crippen LogP contribution in [0.2, 0.25) is 0 Å². The largest absolute Gasteiger partial charge is 0.272 e. The fourth-order valence-corrected chi connectivity index (χ4v) is 1.88. The van der Waals surface area contributed by atoms with Gasteiger partial charge in [0.15, 0.2) is 0 Å². The quantitative estimate of drug-likeness (QED) is 0.820. The number of nitrogens with zero attached hydrogens (tertiary/aromatic N) is 3. The van der Waals surface area contributed by atoms with Crippen molar-refractivity contribution in [1.29, 1.82) is 0 Å². The molecule has 0 saturated carbocycles. The molecule has 0 unspecified atom stereocenters. The van der Waals surface area contributed by atoms with E-state index in [1.807, 2.05) is 12.1 Å². The Hall–Kier alpha value is -2.27. The molecule has 18 heavy (non-hydrogen) atoms. The molecular weight excluding hydrogens is 228 g/mol. The molecule has 1 aromatic heterocycles. The fourth-order valence-electron chi connectivity index (χ4n) is 1.88. The number of carbonyl (C=O) groups is 1. The van der Waals surface area contributed by atoms with Gasteiger partial charge < -0.3 is 0 Å². The Morgan fingerprint density at radius 1 is 1.22 bits per heavy atom. The van der Waals surface area contributed by atoms with Crippen LogP contribution in [0, 0.1) is 0 Å². The number of rotatable bonds is 1. The van der Waals surface area contributed by atoms with Gasteiger partial charge >= 0.3 is 0 Å². The van der Waals surface area contributed by atoms with E-state index < -0.39 is 0 Å². The molecule has 2 aromatic rings. The summed E-state index contributed by atoms with van der Waals surface area (Å²) in [5, 5.41) is 1.50. The molecule has 5 heteroatoms. The summed E-state index contributed by atoms with van der Waals surface area (Å²) in [5.74, 6) is -0.0847. The first-order valence-corrected chi connectivity index (χ1v) is 5.79. The normalized spacial score (nSPS) is 15.0. The van der Waals surface area contributed by atoms with Gasteiger partial charge in [0, 0.05) is 30.7 Å². The van der Waals surface area contributed by atoms with Crippen LogP contribution >= 0.6 is 0 Å². The summed E-state index contributed by atoms with van der Waals surface area (Å²) in [6.45, 7) is 0.773. The van der Waals surface area contributed by atoms with E-state index in [-0.39, 0.29) is 5.91 Å². The number of benzene rings is 1. The molecule has 0 saturated heterocycles. The minimum Gasteiger partial charge on any atom is -0.267 e. The third-order valence-electron chi connectivity index (χ3n) is 2.78. The van der Waals surface area contributed by atoms with Crippen LogP contribution in [-0.4, -0.2) is 27.4 Å².